The average Bonchev–Trinajstić information content (AvgIpc) is 3.19. The molecular formula is C13H21N5O3S. The van der Waals surface area contributed by atoms with Gasteiger partial charge in [-0.3, -0.25) is 9.89 Å². The summed E-state index contributed by atoms with van der Waals surface area (Å²) >= 11 is 0. The second-order valence-electron chi connectivity index (χ2n) is 5.86. The number of amides is 1. The number of rotatable bonds is 4. The van der Waals surface area contributed by atoms with Crippen molar-refractivity contribution in [3.8, 4) is 0 Å². The van der Waals surface area contributed by atoms with Crippen LogP contribution in [0, 0.1) is 0 Å². The number of hydrogen-bond acceptors (Lipinski definition) is 4. The largest absolute Gasteiger partial charge is 0.364 e. The van der Waals surface area contributed by atoms with Crippen LogP contribution in [0.1, 0.15) is 47.8 Å². The second kappa shape index (κ2) is 5.98. The first-order valence-corrected chi connectivity index (χ1v) is 8.98. The molecule has 2 fully saturated rings. The number of hydrogen-bond donors (Lipinski definition) is 2. The molecule has 0 aliphatic carbocycles. The summed E-state index contributed by atoms with van der Waals surface area (Å²) in [6.07, 6.45) is 3.32. The molecule has 0 atom stereocenters. The number of aromatic nitrogens is 2. The molecule has 122 valence electrons. The van der Waals surface area contributed by atoms with E-state index >= 15 is 0 Å². The molecule has 8 nitrogen and oxygen atoms in total. The molecule has 0 saturated carbocycles. The van der Waals surface area contributed by atoms with Crippen LogP contribution in [-0.2, 0) is 10.2 Å². The number of carbonyl (C=O) groups excluding carboxylic acids is 1. The van der Waals surface area contributed by atoms with E-state index in [1.165, 1.54) is 0 Å². The zero-order valence-electron chi connectivity index (χ0n) is 12.4. The van der Waals surface area contributed by atoms with Gasteiger partial charge in [-0.1, -0.05) is 0 Å². The van der Waals surface area contributed by atoms with E-state index in [9.17, 15) is 13.2 Å². The standard InChI is InChI=1S/C13H21N5O3S/c14-13(19)12-9-11(15-16-12)10-3-7-18(8-4-10)22(20,21)17-5-1-2-6-17/h9-10H,1-8H2,(H2,14,19)(H,15,16). The van der Waals surface area contributed by atoms with Crippen molar-refractivity contribution in [3.05, 3.63) is 17.5 Å². The summed E-state index contributed by atoms with van der Waals surface area (Å²) in [6, 6.07) is 1.66. The van der Waals surface area contributed by atoms with Gasteiger partial charge in [-0.2, -0.15) is 22.1 Å². The van der Waals surface area contributed by atoms with Crippen LogP contribution in [0.2, 0.25) is 0 Å². The number of primary amides is 1. The van der Waals surface area contributed by atoms with Gasteiger partial charge in [0.1, 0.15) is 5.69 Å². The van der Waals surface area contributed by atoms with Crippen molar-refractivity contribution in [1.82, 2.24) is 18.8 Å². The van der Waals surface area contributed by atoms with Gasteiger partial charge in [-0.25, -0.2) is 0 Å². The third-order valence-electron chi connectivity index (χ3n) is 4.46. The van der Waals surface area contributed by atoms with Gasteiger partial charge in [-0.05, 0) is 31.7 Å². The molecule has 3 rings (SSSR count). The normalized spacial score (nSPS) is 22.2. The van der Waals surface area contributed by atoms with Gasteiger partial charge >= 0.3 is 0 Å². The monoisotopic (exact) mass is 327 g/mol. The summed E-state index contributed by atoms with van der Waals surface area (Å²) < 4.78 is 28.1. The number of piperidine rings is 1. The highest BCUT2D eigenvalue weighted by Crippen LogP contribution is 2.29. The summed E-state index contributed by atoms with van der Waals surface area (Å²) in [6.45, 7) is 2.25. The lowest BCUT2D eigenvalue weighted by Gasteiger charge is -2.33. The van der Waals surface area contributed by atoms with E-state index in [2.05, 4.69) is 10.2 Å². The lowest BCUT2D eigenvalue weighted by Crippen LogP contribution is -2.45. The molecule has 0 bridgehead atoms. The van der Waals surface area contributed by atoms with Gasteiger partial charge in [0, 0.05) is 37.8 Å². The molecule has 1 aromatic rings. The molecular weight excluding hydrogens is 306 g/mol. The topological polar surface area (TPSA) is 112 Å². The average molecular weight is 327 g/mol. The summed E-state index contributed by atoms with van der Waals surface area (Å²) in [5.74, 6) is -0.373. The van der Waals surface area contributed by atoms with Gasteiger partial charge in [0.25, 0.3) is 16.1 Å². The minimum atomic E-state index is -3.31. The van der Waals surface area contributed by atoms with Gasteiger partial charge in [0.2, 0.25) is 0 Å². The molecule has 1 amide bonds. The SMILES string of the molecule is NC(=O)c1cc(C2CCN(S(=O)(=O)N3CCCC3)CC2)[nH]n1. The van der Waals surface area contributed by atoms with Crippen LogP contribution in [0.3, 0.4) is 0 Å². The van der Waals surface area contributed by atoms with Crippen molar-refractivity contribution in [2.75, 3.05) is 26.2 Å². The molecule has 3 heterocycles. The molecule has 2 aliphatic heterocycles. The van der Waals surface area contributed by atoms with Gasteiger partial charge in [0.15, 0.2) is 0 Å². The molecule has 0 spiro atoms. The lowest BCUT2D eigenvalue weighted by molar-refractivity contribution is 0.0995. The molecule has 0 unspecified atom stereocenters. The minimum absolute atomic E-state index is 0.186. The maximum atomic E-state index is 12.5. The van der Waals surface area contributed by atoms with E-state index < -0.39 is 16.1 Å². The maximum Gasteiger partial charge on any atom is 0.281 e. The van der Waals surface area contributed by atoms with Crippen LogP contribution in [0.5, 0.6) is 0 Å². The molecule has 2 aliphatic rings. The van der Waals surface area contributed by atoms with Gasteiger partial charge < -0.3 is 5.73 Å². The minimum Gasteiger partial charge on any atom is -0.364 e. The number of nitrogens with two attached hydrogens (primary N) is 1. The third kappa shape index (κ3) is 2.88. The third-order valence-corrected chi connectivity index (χ3v) is 6.50. The Hall–Kier alpha value is -1.45. The van der Waals surface area contributed by atoms with Gasteiger partial charge in [0.05, 0.1) is 0 Å². The smallest absolute Gasteiger partial charge is 0.281 e. The van der Waals surface area contributed by atoms with E-state index in [-0.39, 0.29) is 11.6 Å². The highest BCUT2D eigenvalue weighted by atomic mass is 32.2. The van der Waals surface area contributed by atoms with Crippen LogP contribution in [-0.4, -0.2) is 59.3 Å². The van der Waals surface area contributed by atoms with E-state index in [4.69, 9.17) is 5.73 Å². The first-order valence-electron chi connectivity index (χ1n) is 7.59. The van der Waals surface area contributed by atoms with Crippen LogP contribution in [0.15, 0.2) is 6.07 Å². The molecule has 0 radical (unpaired) electrons. The molecule has 9 heteroatoms. The fourth-order valence-electron chi connectivity index (χ4n) is 3.15. The zero-order valence-corrected chi connectivity index (χ0v) is 13.2. The fraction of sp³-hybridized carbons (Fsp3) is 0.692. The van der Waals surface area contributed by atoms with Crippen LogP contribution in [0.25, 0.3) is 0 Å². The lowest BCUT2D eigenvalue weighted by atomic mass is 9.94. The Bertz CT molecular complexity index is 642. The number of aromatic amines is 1. The first-order chi connectivity index (χ1) is 10.5. The molecule has 2 saturated heterocycles. The quantitative estimate of drug-likeness (QED) is 0.812. The predicted octanol–water partition coefficient (Wildman–Crippen LogP) is 0.0286. The van der Waals surface area contributed by atoms with E-state index in [1.807, 2.05) is 0 Å². The predicted molar refractivity (Wildman–Crippen MR) is 80.4 cm³/mol. The van der Waals surface area contributed by atoms with E-state index in [1.54, 1.807) is 14.7 Å². The van der Waals surface area contributed by atoms with Crippen molar-refractivity contribution in [2.45, 2.75) is 31.6 Å². The Morgan fingerprint density at radius 3 is 2.32 bits per heavy atom. The molecule has 0 aromatic carbocycles. The molecule has 1 aromatic heterocycles. The Labute approximate surface area is 129 Å². The van der Waals surface area contributed by atoms with E-state index in [0.29, 0.717) is 39.0 Å². The summed E-state index contributed by atoms with van der Waals surface area (Å²) in [5, 5.41) is 6.72. The van der Waals surface area contributed by atoms with Crippen LogP contribution in [0.4, 0.5) is 0 Å². The van der Waals surface area contributed by atoms with Crippen molar-refractivity contribution in [3.63, 3.8) is 0 Å². The summed E-state index contributed by atoms with van der Waals surface area (Å²) in [7, 11) is -3.31. The van der Waals surface area contributed by atoms with Crippen molar-refractivity contribution in [2.24, 2.45) is 5.73 Å². The highest BCUT2D eigenvalue weighted by Gasteiger charge is 2.34. The zero-order chi connectivity index (χ0) is 15.7. The Balaban J connectivity index is 1.63. The Morgan fingerprint density at radius 2 is 1.77 bits per heavy atom. The van der Waals surface area contributed by atoms with Crippen LogP contribution < -0.4 is 5.73 Å². The summed E-state index contributed by atoms with van der Waals surface area (Å²) in [5.41, 5.74) is 6.27. The molecule has 3 N–H and O–H groups in total. The van der Waals surface area contributed by atoms with Crippen molar-refractivity contribution < 1.29 is 13.2 Å². The number of H-pyrrole nitrogens is 1. The number of nitrogens with zero attached hydrogens (tertiary/aromatic N) is 3. The van der Waals surface area contributed by atoms with Crippen molar-refractivity contribution >= 4 is 16.1 Å². The number of carbonyl (C=O) groups is 1. The van der Waals surface area contributed by atoms with Crippen molar-refractivity contribution in [1.29, 1.82) is 0 Å². The van der Waals surface area contributed by atoms with E-state index in [0.717, 1.165) is 18.5 Å². The summed E-state index contributed by atoms with van der Waals surface area (Å²) in [4.78, 5) is 11.1. The molecule has 22 heavy (non-hydrogen) atoms. The van der Waals surface area contributed by atoms with Gasteiger partial charge in [-0.15, -0.1) is 0 Å². The van der Waals surface area contributed by atoms with Crippen LogP contribution >= 0.6 is 0 Å². The first kappa shape index (κ1) is 15.4. The Kier molecular flexibility index (Phi) is 4.20. The number of nitrogens with one attached hydrogen (secondary N) is 1. The highest BCUT2D eigenvalue weighted by molar-refractivity contribution is 7.86. The second-order valence-corrected chi connectivity index (χ2v) is 7.79. The Morgan fingerprint density at radius 1 is 1.18 bits per heavy atom. The fourth-order valence-corrected chi connectivity index (χ4v) is 4.87. The maximum absolute atomic E-state index is 12.5.